The van der Waals surface area contributed by atoms with Crippen LogP contribution in [0.5, 0.6) is 11.5 Å². The van der Waals surface area contributed by atoms with Crippen molar-refractivity contribution in [1.82, 2.24) is 0 Å². The number of hydrogen-bond donors (Lipinski definition) is 0. The molecule has 0 radical (unpaired) electrons. The highest BCUT2D eigenvalue weighted by atomic mass is 79.9. The predicted octanol–water partition coefficient (Wildman–Crippen LogP) is 4.05. The van der Waals surface area contributed by atoms with Crippen LogP contribution in [0.3, 0.4) is 0 Å². The van der Waals surface area contributed by atoms with E-state index in [-0.39, 0.29) is 6.61 Å². The molecule has 2 aromatic rings. The van der Waals surface area contributed by atoms with Gasteiger partial charge in [0.15, 0.2) is 6.61 Å². The molecule has 0 spiro atoms. The maximum absolute atomic E-state index is 11.7. The Morgan fingerprint density at radius 1 is 1.00 bits per heavy atom. The van der Waals surface area contributed by atoms with Crippen molar-refractivity contribution in [3.05, 3.63) is 58.1 Å². The van der Waals surface area contributed by atoms with Crippen LogP contribution in [0.4, 0.5) is 0 Å². The van der Waals surface area contributed by atoms with Gasteiger partial charge in [-0.25, -0.2) is 4.79 Å². The van der Waals surface area contributed by atoms with E-state index in [9.17, 15) is 4.79 Å². The zero-order valence-corrected chi connectivity index (χ0v) is 12.9. The van der Waals surface area contributed by atoms with E-state index in [1.165, 1.54) is 0 Å². The van der Waals surface area contributed by atoms with Gasteiger partial charge in [-0.15, -0.1) is 0 Å². The van der Waals surface area contributed by atoms with Crippen LogP contribution in [0.15, 0.2) is 46.9 Å². The lowest BCUT2D eigenvalue weighted by Gasteiger charge is -2.08. The van der Waals surface area contributed by atoms with Crippen molar-refractivity contribution >= 4 is 21.9 Å². The molecule has 0 atom stereocenters. The van der Waals surface area contributed by atoms with Crippen LogP contribution in [-0.2, 0) is 4.79 Å². The topological polar surface area (TPSA) is 35.5 Å². The average Bonchev–Trinajstić information content (AvgIpc) is 2.42. The van der Waals surface area contributed by atoms with E-state index in [2.05, 4.69) is 15.9 Å². The fourth-order valence-corrected chi connectivity index (χ4v) is 1.88. The highest BCUT2D eigenvalue weighted by molar-refractivity contribution is 9.10. The summed E-state index contributed by atoms with van der Waals surface area (Å²) in [6, 6.07) is 12.8. The van der Waals surface area contributed by atoms with Crippen LogP contribution in [0.1, 0.15) is 11.1 Å². The second kappa shape index (κ2) is 6.57. The van der Waals surface area contributed by atoms with Crippen LogP contribution < -0.4 is 9.47 Å². The van der Waals surface area contributed by atoms with Gasteiger partial charge >= 0.3 is 5.97 Å². The van der Waals surface area contributed by atoms with Crippen molar-refractivity contribution in [1.29, 1.82) is 0 Å². The van der Waals surface area contributed by atoms with Gasteiger partial charge in [-0.05, 0) is 61.4 Å². The molecule has 0 aliphatic rings. The van der Waals surface area contributed by atoms with Gasteiger partial charge in [0.1, 0.15) is 11.5 Å². The van der Waals surface area contributed by atoms with Crippen molar-refractivity contribution in [3.8, 4) is 11.5 Å². The minimum Gasteiger partial charge on any atom is -0.482 e. The first-order valence-electron chi connectivity index (χ1n) is 6.21. The molecule has 0 bridgehead atoms. The fraction of sp³-hybridized carbons (Fsp3) is 0.188. The first-order chi connectivity index (χ1) is 9.54. The highest BCUT2D eigenvalue weighted by Gasteiger charge is 2.07. The summed E-state index contributed by atoms with van der Waals surface area (Å²) in [5.41, 5.74) is 2.25. The van der Waals surface area contributed by atoms with E-state index in [0.717, 1.165) is 15.6 Å². The maximum atomic E-state index is 11.7. The van der Waals surface area contributed by atoms with E-state index in [4.69, 9.17) is 9.47 Å². The number of benzene rings is 2. The van der Waals surface area contributed by atoms with Crippen molar-refractivity contribution in [2.24, 2.45) is 0 Å². The number of carbonyl (C=O) groups excluding carboxylic acids is 1. The van der Waals surface area contributed by atoms with E-state index in [0.29, 0.717) is 11.5 Å². The predicted molar refractivity (Wildman–Crippen MR) is 81.2 cm³/mol. The molecule has 2 rings (SSSR count). The largest absolute Gasteiger partial charge is 0.482 e. The number of hydrogen-bond acceptors (Lipinski definition) is 3. The lowest BCUT2D eigenvalue weighted by Crippen LogP contribution is -2.17. The van der Waals surface area contributed by atoms with Crippen molar-refractivity contribution in [2.45, 2.75) is 13.8 Å². The summed E-state index contributed by atoms with van der Waals surface area (Å²) in [4.78, 5) is 11.7. The Morgan fingerprint density at radius 2 is 1.65 bits per heavy atom. The van der Waals surface area contributed by atoms with E-state index in [1.54, 1.807) is 18.2 Å². The van der Waals surface area contributed by atoms with Crippen LogP contribution >= 0.6 is 15.9 Å². The van der Waals surface area contributed by atoms with Gasteiger partial charge in [0.2, 0.25) is 0 Å². The third kappa shape index (κ3) is 4.10. The molecule has 3 nitrogen and oxygen atoms in total. The zero-order chi connectivity index (χ0) is 14.5. The molecule has 4 heteroatoms. The lowest BCUT2D eigenvalue weighted by atomic mass is 10.1. The number of carbonyl (C=O) groups is 1. The van der Waals surface area contributed by atoms with Gasteiger partial charge < -0.3 is 9.47 Å². The summed E-state index contributed by atoms with van der Waals surface area (Å²) >= 11 is 3.34. The SMILES string of the molecule is Cc1ccc(OC(=O)COc2ccc(Br)cc2)cc1C. The van der Waals surface area contributed by atoms with E-state index >= 15 is 0 Å². The molecule has 0 amide bonds. The molecule has 0 aliphatic heterocycles. The van der Waals surface area contributed by atoms with E-state index in [1.807, 2.05) is 38.1 Å². The molecular formula is C16H15BrO3. The monoisotopic (exact) mass is 334 g/mol. The summed E-state index contributed by atoms with van der Waals surface area (Å²) in [5.74, 6) is 0.749. The van der Waals surface area contributed by atoms with Crippen LogP contribution in [0.2, 0.25) is 0 Å². The Hall–Kier alpha value is -1.81. The van der Waals surface area contributed by atoms with Gasteiger partial charge in [-0.3, -0.25) is 0 Å². The summed E-state index contributed by atoms with van der Waals surface area (Å²) in [6.45, 7) is 3.87. The molecular weight excluding hydrogens is 320 g/mol. The van der Waals surface area contributed by atoms with Crippen molar-refractivity contribution < 1.29 is 14.3 Å². The second-order valence-corrected chi connectivity index (χ2v) is 5.38. The molecule has 0 heterocycles. The molecule has 0 aliphatic carbocycles. The molecule has 0 N–H and O–H groups in total. The Bertz CT molecular complexity index is 606. The maximum Gasteiger partial charge on any atom is 0.349 e. The Labute approximate surface area is 126 Å². The molecule has 0 saturated heterocycles. The smallest absolute Gasteiger partial charge is 0.349 e. The molecule has 0 fully saturated rings. The van der Waals surface area contributed by atoms with Gasteiger partial charge in [0.05, 0.1) is 0 Å². The average molecular weight is 335 g/mol. The molecule has 0 unspecified atom stereocenters. The van der Waals surface area contributed by atoms with Crippen molar-refractivity contribution in [3.63, 3.8) is 0 Å². The van der Waals surface area contributed by atoms with E-state index < -0.39 is 5.97 Å². The van der Waals surface area contributed by atoms with Crippen LogP contribution in [0, 0.1) is 13.8 Å². The minimum absolute atomic E-state index is 0.117. The number of aryl methyl sites for hydroxylation is 2. The molecule has 104 valence electrons. The molecule has 20 heavy (non-hydrogen) atoms. The molecule has 2 aromatic carbocycles. The summed E-state index contributed by atoms with van der Waals surface area (Å²) < 4.78 is 11.5. The summed E-state index contributed by atoms with van der Waals surface area (Å²) in [6.07, 6.45) is 0. The Morgan fingerprint density at radius 3 is 2.30 bits per heavy atom. The third-order valence-electron chi connectivity index (χ3n) is 2.88. The number of ether oxygens (including phenoxy) is 2. The van der Waals surface area contributed by atoms with Crippen LogP contribution in [-0.4, -0.2) is 12.6 Å². The number of esters is 1. The summed E-state index contributed by atoms with van der Waals surface area (Å²) in [5, 5.41) is 0. The first kappa shape index (κ1) is 14.6. The standard InChI is InChI=1S/C16H15BrO3/c1-11-3-6-15(9-12(11)2)20-16(18)10-19-14-7-4-13(17)5-8-14/h3-9H,10H2,1-2H3. The zero-order valence-electron chi connectivity index (χ0n) is 11.4. The second-order valence-electron chi connectivity index (χ2n) is 4.46. The Balaban J connectivity index is 1.89. The molecule has 0 saturated carbocycles. The third-order valence-corrected chi connectivity index (χ3v) is 3.41. The Kier molecular flexibility index (Phi) is 4.79. The van der Waals surface area contributed by atoms with Crippen LogP contribution in [0.25, 0.3) is 0 Å². The number of rotatable bonds is 4. The highest BCUT2D eigenvalue weighted by Crippen LogP contribution is 2.18. The normalized spacial score (nSPS) is 10.2. The van der Waals surface area contributed by atoms with Gasteiger partial charge in [-0.1, -0.05) is 22.0 Å². The first-order valence-corrected chi connectivity index (χ1v) is 7.00. The lowest BCUT2D eigenvalue weighted by molar-refractivity contribution is -0.136. The van der Waals surface area contributed by atoms with Crippen molar-refractivity contribution in [2.75, 3.05) is 6.61 Å². The number of halogens is 1. The minimum atomic E-state index is -0.420. The van der Waals surface area contributed by atoms with Gasteiger partial charge in [0.25, 0.3) is 0 Å². The fourth-order valence-electron chi connectivity index (χ4n) is 1.61. The quantitative estimate of drug-likeness (QED) is 0.625. The molecule has 0 aromatic heterocycles. The summed E-state index contributed by atoms with van der Waals surface area (Å²) in [7, 11) is 0. The van der Waals surface area contributed by atoms with Gasteiger partial charge in [-0.2, -0.15) is 0 Å². The van der Waals surface area contributed by atoms with Gasteiger partial charge in [0, 0.05) is 4.47 Å².